The maximum Gasteiger partial charge on any atom is 0.323 e. The smallest absolute Gasteiger partial charge is 0.323 e. The third kappa shape index (κ3) is 2.17. The predicted molar refractivity (Wildman–Crippen MR) is 39.5 cm³/mol. The Kier molecular flexibility index (Phi) is 2.84. The summed E-state index contributed by atoms with van der Waals surface area (Å²) in [5, 5.41) is 8.71. The minimum absolute atomic E-state index is 0.311. The molecule has 1 aliphatic rings. The molecule has 1 heterocycles. The molecule has 0 amide bonds. The van der Waals surface area contributed by atoms with E-state index in [0.717, 1.165) is 13.0 Å². The minimum Gasteiger partial charge on any atom is -0.480 e. The Balaban J connectivity index is 2.52. The SMILES string of the molecule is CN1CCCOCC1C(=O)O. The normalized spacial score (nSPS) is 27.9. The molecule has 0 radical (unpaired) electrons. The van der Waals surface area contributed by atoms with Crippen molar-refractivity contribution in [1.82, 2.24) is 4.90 Å². The van der Waals surface area contributed by atoms with Gasteiger partial charge in [0.1, 0.15) is 6.04 Å². The average Bonchev–Trinajstić information content (AvgIpc) is 2.13. The van der Waals surface area contributed by atoms with Crippen LogP contribution in [0.1, 0.15) is 6.42 Å². The van der Waals surface area contributed by atoms with E-state index in [4.69, 9.17) is 9.84 Å². The molecule has 1 aliphatic heterocycles. The predicted octanol–water partition coefficient (Wildman–Crippen LogP) is -0.208. The van der Waals surface area contributed by atoms with Crippen LogP contribution in [0.25, 0.3) is 0 Å². The number of likely N-dealkylation sites (N-methyl/N-ethyl adjacent to an activating group) is 1. The molecule has 1 rings (SSSR count). The Morgan fingerprint density at radius 3 is 3.09 bits per heavy atom. The van der Waals surface area contributed by atoms with E-state index in [9.17, 15) is 4.79 Å². The van der Waals surface area contributed by atoms with E-state index in [-0.39, 0.29) is 0 Å². The molecule has 1 N–H and O–H groups in total. The van der Waals surface area contributed by atoms with E-state index >= 15 is 0 Å². The van der Waals surface area contributed by atoms with Crippen LogP contribution in [0.15, 0.2) is 0 Å². The molecule has 0 aromatic heterocycles. The Bertz CT molecular complexity index is 149. The Labute approximate surface area is 65.8 Å². The van der Waals surface area contributed by atoms with Crippen molar-refractivity contribution in [3.8, 4) is 0 Å². The minimum atomic E-state index is -0.797. The lowest BCUT2D eigenvalue weighted by molar-refractivity contribution is -0.144. The molecular weight excluding hydrogens is 146 g/mol. The van der Waals surface area contributed by atoms with Gasteiger partial charge in [-0.15, -0.1) is 0 Å². The van der Waals surface area contributed by atoms with Crippen molar-refractivity contribution in [1.29, 1.82) is 0 Å². The molecule has 1 saturated heterocycles. The van der Waals surface area contributed by atoms with Crippen molar-refractivity contribution >= 4 is 5.97 Å². The van der Waals surface area contributed by atoms with Gasteiger partial charge in [0.25, 0.3) is 0 Å². The Hall–Kier alpha value is -0.610. The molecule has 4 nitrogen and oxygen atoms in total. The highest BCUT2D eigenvalue weighted by Crippen LogP contribution is 2.04. The van der Waals surface area contributed by atoms with Crippen LogP contribution in [0.5, 0.6) is 0 Å². The summed E-state index contributed by atoms with van der Waals surface area (Å²) in [6, 6.07) is -0.461. The van der Waals surface area contributed by atoms with Crippen LogP contribution in [-0.4, -0.2) is 48.8 Å². The molecule has 0 saturated carbocycles. The molecule has 0 bridgehead atoms. The van der Waals surface area contributed by atoms with E-state index in [1.807, 2.05) is 11.9 Å². The molecule has 1 fully saturated rings. The molecule has 0 aliphatic carbocycles. The summed E-state index contributed by atoms with van der Waals surface area (Å²) in [5.74, 6) is -0.797. The lowest BCUT2D eigenvalue weighted by atomic mass is 10.3. The molecule has 1 unspecified atom stereocenters. The molecule has 11 heavy (non-hydrogen) atoms. The van der Waals surface area contributed by atoms with Gasteiger partial charge >= 0.3 is 5.97 Å². The van der Waals surface area contributed by atoms with E-state index in [1.165, 1.54) is 0 Å². The zero-order chi connectivity index (χ0) is 8.27. The highest BCUT2D eigenvalue weighted by molar-refractivity contribution is 5.73. The van der Waals surface area contributed by atoms with Gasteiger partial charge in [0.05, 0.1) is 6.61 Å². The number of ether oxygens (including phenoxy) is 1. The third-order valence-corrected chi connectivity index (χ3v) is 1.89. The van der Waals surface area contributed by atoms with E-state index < -0.39 is 12.0 Å². The lowest BCUT2D eigenvalue weighted by Crippen LogP contribution is -2.40. The van der Waals surface area contributed by atoms with Crippen LogP contribution in [-0.2, 0) is 9.53 Å². The number of hydrogen-bond donors (Lipinski definition) is 1. The summed E-state index contributed by atoms with van der Waals surface area (Å²) in [6.07, 6.45) is 0.917. The zero-order valence-corrected chi connectivity index (χ0v) is 6.62. The summed E-state index contributed by atoms with van der Waals surface area (Å²) in [7, 11) is 1.81. The van der Waals surface area contributed by atoms with Crippen LogP contribution >= 0.6 is 0 Å². The van der Waals surface area contributed by atoms with E-state index in [0.29, 0.717) is 13.2 Å². The highest BCUT2D eigenvalue weighted by Gasteiger charge is 2.24. The summed E-state index contributed by atoms with van der Waals surface area (Å²) >= 11 is 0. The van der Waals surface area contributed by atoms with Crippen LogP contribution in [0.2, 0.25) is 0 Å². The highest BCUT2D eigenvalue weighted by atomic mass is 16.5. The second-order valence-electron chi connectivity index (χ2n) is 2.76. The summed E-state index contributed by atoms with van der Waals surface area (Å²) in [5.41, 5.74) is 0. The van der Waals surface area contributed by atoms with Gasteiger partial charge in [-0.3, -0.25) is 9.69 Å². The van der Waals surface area contributed by atoms with Gasteiger partial charge in [0.2, 0.25) is 0 Å². The number of aliphatic carboxylic acids is 1. The van der Waals surface area contributed by atoms with Crippen LogP contribution < -0.4 is 0 Å². The van der Waals surface area contributed by atoms with Crippen molar-refractivity contribution in [2.24, 2.45) is 0 Å². The monoisotopic (exact) mass is 159 g/mol. The van der Waals surface area contributed by atoms with Gasteiger partial charge < -0.3 is 9.84 Å². The largest absolute Gasteiger partial charge is 0.480 e. The first-order chi connectivity index (χ1) is 5.22. The first kappa shape index (κ1) is 8.49. The second-order valence-corrected chi connectivity index (χ2v) is 2.76. The number of carbonyl (C=O) groups is 1. The molecule has 0 spiro atoms. The van der Waals surface area contributed by atoms with Crippen LogP contribution in [0, 0.1) is 0 Å². The van der Waals surface area contributed by atoms with Gasteiger partial charge in [-0.1, -0.05) is 0 Å². The van der Waals surface area contributed by atoms with Crippen LogP contribution in [0.4, 0.5) is 0 Å². The maximum atomic E-state index is 10.6. The summed E-state index contributed by atoms with van der Waals surface area (Å²) < 4.78 is 5.12. The van der Waals surface area contributed by atoms with Crippen molar-refractivity contribution in [2.75, 3.05) is 26.8 Å². The first-order valence-electron chi connectivity index (χ1n) is 3.72. The van der Waals surface area contributed by atoms with E-state index in [2.05, 4.69) is 0 Å². The van der Waals surface area contributed by atoms with Crippen molar-refractivity contribution in [2.45, 2.75) is 12.5 Å². The Morgan fingerprint density at radius 2 is 2.45 bits per heavy atom. The fourth-order valence-electron chi connectivity index (χ4n) is 1.15. The number of rotatable bonds is 1. The van der Waals surface area contributed by atoms with Crippen molar-refractivity contribution < 1.29 is 14.6 Å². The van der Waals surface area contributed by atoms with Gasteiger partial charge in [-0.25, -0.2) is 0 Å². The fraction of sp³-hybridized carbons (Fsp3) is 0.857. The molecule has 64 valence electrons. The molecule has 4 heteroatoms. The Morgan fingerprint density at radius 1 is 1.73 bits per heavy atom. The zero-order valence-electron chi connectivity index (χ0n) is 6.62. The number of carboxylic acid groups (broad SMARTS) is 1. The van der Waals surface area contributed by atoms with Gasteiger partial charge in [0.15, 0.2) is 0 Å². The fourth-order valence-corrected chi connectivity index (χ4v) is 1.15. The molecular formula is C7H13NO3. The van der Waals surface area contributed by atoms with Crippen LogP contribution in [0.3, 0.4) is 0 Å². The van der Waals surface area contributed by atoms with Gasteiger partial charge in [-0.05, 0) is 13.5 Å². The molecule has 0 aromatic carbocycles. The lowest BCUT2D eigenvalue weighted by Gasteiger charge is -2.19. The summed E-state index contributed by atoms with van der Waals surface area (Å²) in [6.45, 7) is 1.79. The van der Waals surface area contributed by atoms with Gasteiger partial charge in [0, 0.05) is 13.2 Å². The molecule has 1 atom stereocenters. The number of nitrogens with zero attached hydrogens (tertiary/aromatic N) is 1. The van der Waals surface area contributed by atoms with E-state index in [1.54, 1.807) is 0 Å². The van der Waals surface area contributed by atoms with Crippen molar-refractivity contribution in [3.63, 3.8) is 0 Å². The maximum absolute atomic E-state index is 10.6. The quantitative estimate of drug-likeness (QED) is 0.575. The van der Waals surface area contributed by atoms with Gasteiger partial charge in [-0.2, -0.15) is 0 Å². The van der Waals surface area contributed by atoms with Crippen molar-refractivity contribution in [3.05, 3.63) is 0 Å². The standard InChI is InChI=1S/C7H13NO3/c1-8-3-2-4-11-5-6(8)7(9)10/h6H,2-5H2,1H3,(H,9,10). The molecule has 0 aromatic rings. The topological polar surface area (TPSA) is 49.8 Å². The first-order valence-corrected chi connectivity index (χ1v) is 3.72. The number of hydrogen-bond acceptors (Lipinski definition) is 3. The number of carboxylic acids is 1. The third-order valence-electron chi connectivity index (χ3n) is 1.89. The average molecular weight is 159 g/mol. The summed E-state index contributed by atoms with van der Waals surface area (Å²) in [4.78, 5) is 12.4. The second kappa shape index (κ2) is 3.69.